The zero-order chi connectivity index (χ0) is 37.1. The summed E-state index contributed by atoms with van der Waals surface area (Å²) in [6.45, 7) is 4.87. The Hall–Kier alpha value is -1.71. The summed E-state index contributed by atoms with van der Waals surface area (Å²) in [6.07, 6.45) is 28.7. The molecule has 0 aromatic rings. The number of carbonyl (C=O) groups is 3. The number of hydrogen-bond acceptors (Lipinski definition) is 7. The minimum atomic E-state index is -1.50. The zero-order valence-electron chi connectivity index (χ0n) is 33.3. The summed E-state index contributed by atoms with van der Waals surface area (Å²) < 4.78 is 22.7. The molecule has 0 spiro atoms. The molecule has 2 atom stereocenters. The van der Waals surface area contributed by atoms with Crippen molar-refractivity contribution in [2.75, 3.05) is 47.5 Å². The van der Waals surface area contributed by atoms with Crippen molar-refractivity contribution in [3.63, 3.8) is 0 Å². The number of rotatable bonds is 38. The number of hydrogen-bond donors (Lipinski definition) is 1. The molecule has 0 radical (unpaired) electrons. The molecule has 1 N–H and O–H groups in total. The van der Waals surface area contributed by atoms with Crippen molar-refractivity contribution in [1.29, 1.82) is 0 Å². The maximum Gasteiger partial charge on any atom is 0.361 e. The van der Waals surface area contributed by atoms with E-state index in [1.807, 2.05) is 21.1 Å². The van der Waals surface area contributed by atoms with Gasteiger partial charge in [-0.3, -0.25) is 9.59 Å². The van der Waals surface area contributed by atoms with Crippen molar-refractivity contribution >= 4 is 17.9 Å². The van der Waals surface area contributed by atoms with Crippen molar-refractivity contribution in [3.8, 4) is 0 Å². The highest BCUT2D eigenvalue weighted by Gasteiger charge is 2.25. The molecule has 0 amide bonds. The smallest absolute Gasteiger partial charge is 0.361 e. The summed E-state index contributed by atoms with van der Waals surface area (Å²) in [7, 11) is 5.95. The molecule has 0 aliphatic heterocycles. The van der Waals surface area contributed by atoms with Gasteiger partial charge < -0.3 is 28.5 Å². The van der Waals surface area contributed by atoms with Crippen LogP contribution in [0.5, 0.6) is 0 Å². The number of ether oxygens (including phenoxy) is 4. The molecule has 0 saturated carbocycles. The van der Waals surface area contributed by atoms with Crippen LogP contribution in [0, 0.1) is 0 Å². The van der Waals surface area contributed by atoms with Gasteiger partial charge in [0, 0.05) is 12.8 Å². The van der Waals surface area contributed by atoms with Crippen molar-refractivity contribution < 1.29 is 42.9 Å². The van der Waals surface area contributed by atoms with Crippen LogP contribution in [0.1, 0.15) is 187 Å². The number of quaternary nitrogens is 1. The molecule has 0 aromatic heterocycles. The Morgan fingerprint density at radius 2 is 0.900 bits per heavy atom. The lowest BCUT2D eigenvalue weighted by atomic mass is 10.0. The van der Waals surface area contributed by atoms with Gasteiger partial charge in [0.25, 0.3) is 6.29 Å². The van der Waals surface area contributed by atoms with Gasteiger partial charge in [-0.05, 0) is 12.8 Å². The Bertz CT molecular complexity index is 800. The van der Waals surface area contributed by atoms with Crippen molar-refractivity contribution in [1.82, 2.24) is 0 Å². The molecule has 0 saturated heterocycles. The molecule has 50 heavy (non-hydrogen) atoms. The van der Waals surface area contributed by atoms with E-state index in [0.29, 0.717) is 17.4 Å². The summed E-state index contributed by atoms with van der Waals surface area (Å²) in [5, 5.41) is 9.59. The quantitative estimate of drug-likeness (QED) is 0.0291. The molecule has 0 heterocycles. The molecule has 9 nitrogen and oxygen atoms in total. The minimum Gasteiger partial charge on any atom is -0.477 e. The number of carboxylic acid groups (broad SMARTS) is 1. The van der Waals surface area contributed by atoms with Gasteiger partial charge in [0.1, 0.15) is 13.2 Å². The minimum absolute atomic E-state index is 0.174. The number of carbonyl (C=O) groups excluding carboxylic acids is 2. The van der Waals surface area contributed by atoms with E-state index in [1.165, 1.54) is 122 Å². The highest BCUT2D eigenvalue weighted by Crippen LogP contribution is 2.15. The van der Waals surface area contributed by atoms with Crippen LogP contribution in [0.15, 0.2) is 0 Å². The molecule has 296 valence electrons. The monoisotopic (exact) mass is 715 g/mol. The Labute approximate surface area is 307 Å². The predicted octanol–water partition coefficient (Wildman–Crippen LogP) is 10.2. The Balaban J connectivity index is 4.47. The van der Waals surface area contributed by atoms with Crippen LogP contribution in [0.3, 0.4) is 0 Å². The maximum absolute atomic E-state index is 12.7. The first kappa shape index (κ1) is 48.3. The van der Waals surface area contributed by atoms with E-state index in [0.717, 1.165) is 38.5 Å². The lowest BCUT2D eigenvalue weighted by molar-refractivity contribution is -0.870. The second kappa shape index (κ2) is 34.4. The van der Waals surface area contributed by atoms with Crippen LogP contribution in [0.2, 0.25) is 0 Å². The van der Waals surface area contributed by atoms with Gasteiger partial charge in [0.05, 0.1) is 34.4 Å². The topological polar surface area (TPSA) is 108 Å². The largest absolute Gasteiger partial charge is 0.477 e. The third-order valence-corrected chi connectivity index (χ3v) is 9.11. The molecule has 0 rings (SSSR count). The maximum atomic E-state index is 12.7. The molecule has 0 fully saturated rings. The standard InChI is InChI=1S/C41H79NO8/c1-6-8-10-12-14-16-18-19-20-22-24-26-28-30-32-39(44)50-37(36-49-41(40(45)46)47-34-33-42(3,4)5)35-48-38(43)31-29-27-25-23-21-17-15-13-11-9-7-2/h37,41H,6-36H2,1-5H3/p+1. The summed E-state index contributed by atoms with van der Waals surface area (Å²) >= 11 is 0. The third kappa shape index (κ3) is 34.7. The first-order valence-corrected chi connectivity index (χ1v) is 20.7. The fraction of sp³-hybridized carbons (Fsp3) is 0.927. The van der Waals surface area contributed by atoms with Gasteiger partial charge >= 0.3 is 17.9 Å². The van der Waals surface area contributed by atoms with Gasteiger partial charge in [-0.2, -0.15) is 0 Å². The van der Waals surface area contributed by atoms with Crippen molar-refractivity contribution in [2.24, 2.45) is 0 Å². The van der Waals surface area contributed by atoms with Crippen molar-refractivity contribution in [2.45, 2.75) is 200 Å². The second-order valence-corrected chi connectivity index (χ2v) is 15.3. The Morgan fingerprint density at radius 1 is 0.520 bits per heavy atom. The molecule has 0 aliphatic carbocycles. The fourth-order valence-electron chi connectivity index (χ4n) is 5.84. The molecule has 0 bridgehead atoms. The number of carboxylic acids is 1. The van der Waals surface area contributed by atoms with Crippen LogP contribution in [0.25, 0.3) is 0 Å². The van der Waals surface area contributed by atoms with Crippen LogP contribution >= 0.6 is 0 Å². The average molecular weight is 715 g/mol. The number of unbranched alkanes of at least 4 members (excludes halogenated alkanes) is 23. The predicted molar refractivity (Wildman–Crippen MR) is 203 cm³/mol. The Morgan fingerprint density at radius 3 is 1.28 bits per heavy atom. The third-order valence-electron chi connectivity index (χ3n) is 9.11. The molecule has 0 aromatic carbocycles. The Kier molecular flexibility index (Phi) is 33.2. The summed E-state index contributed by atoms with van der Waals surface area (Å²) in [5.41, 5.74) is 0. The van der Waals surface area contributed by atoms with Crippen LogP contribution in [-0.4, -0.2) is 87.4 Å². The molecule has 9 heteroatoms. The van der Waals surface area contributed by atoms with Crippen LogP contribution in [0.4, 0.5) is 0 Å². The van der Waals surface area contributed by atoms with Crippen molar-refractivity contribution in [3.05, 3.63) is 0 Å². The van der Waals surface area contributed by atoms with E-state index in [2.05, 4.69) is 13.8 Å². The highest BCUT2D eigenvalue weighted by molar-refractivity contribution is 5.71. The van der Waals surface area contributed by atoms with E-state index >= 15 is 0 Å². The number of likely N-dealkylation sites (N-methyl/N-ethyl adjacent to an activating group) is 1. The summed E-state index contributed by atoms with van der Waals surface area (Å²) in [6, 6.07) is 0. The molecule has 2 unspecified atom stereocenters. The molecular weight excluding hydrogens is 634 g/mol. The first-order valence-electron chi connectivity index (χ1n) is 20.7. The van der Waals surface area contributed by atoms with Crippen LogP contribution in [-0.2, 0) is 33.3 Å². The second-order valence-electron chi connectivity index (χ2n) is 15.3. The van der Waals surface area contributed by atoms with E-state index in [9.17, 15) is 19.5 Å². The van der Waals surface area contributed by atoms with Gasteiger partial charge in [0.15, 0.2) is 6.10 Å². The lowest BCUT2D eigenvalue weighted by Crippen LogP contribution is -2.40. The average Bonchev–Trinajstić information content (AvgIpc) is 3.06. The SMILES string of the molecule is CCCCCCCCCCCCCCCCC(=O)OC(COC(=O)CCCCCCCCCCCCC)COC(OCC[N+](C)(C)C)C(=O)O. The van der Waals surface area contributed by atoms with Gasteiger partial charge in [-0.1, -0.05) is 162 Å². The lowest BCUT2D eigenvalue weighted by Gasteiger charge is -2.25. The zero-order valence-corrected chi connectivity index (χ0v) is 33.3. The van der Waals surface area contributed by atoms with E-state index in [-0.39, 0.29) is 32.2 Å². The summed E-state index contributed by atoms with van der Waals surface area (Å²) in [5.74, 6) is -1.99. The highest BCUT2D eigenvalue weighted by atomic mass is 16.7. The van der Waals surface area contributed by atoms with Gasteiger partial charge in [-0.25, -0.2) is 4.79 Å². The first-order chi connectivity index (χ1) is 24.1. The van der Waals surface area contributed by atoms with E-state index < -0.39 is 24.3 Å². The van der Waals surface area contributed by atoms with Gasteiger partial charge in [-0.15, -0.1) is 0 Å². The van der Waals surface area contributed by atoms with E-state index in [1.54, 1.807) is 0 Å². The molecule has 0 aliphatic rings. The van der Waals surface area contributed by atoms with Crippen LogP contribution < -0.4 is 0 Å². The number of aliphatic carboxylic acids is 1. The van der Waals surface area contributed by atoms with Gasteiger partial charge in [0.2, 0.25) is 0 Å². The number of nitrogens with zero attached hydrogens (tertiary/aromatic N) is 1. The van der Waals surface area contributed by atoms with E-state index in [4.69, 9.17) is 18.9 Å². The fourth-order valence-corrected chi connectivity index (χ4v) is 5.84. The normalized spacial score (nSPS) is 12.9. The molecular formula is C41H80NO8+. The summed E-state index contributed by atoms with van der Waals surface area (Å²) in [4.78, 5) is 36.9. The number of esters is 2.